The molecule has 3 aromatic rings. The van der Waals surface area contributed by atoms with Gasteiger partial charge in [0.15, 0.2) is 0 Å². The summed E-state index contributed by atoms with van der Waals surface area (Å²) in [5.74, 6) is 0. The van der Waals surface area contributed by atoms with Crippen LogP contribution in [0.25, 0.3) is 21.3 Å². The lowest BCUT2D eigenvalue weighted by molar-refractivity contribution is 1.23. The van der Waals surface area contributed by atoms with Crippen LogP contribution in [0.1, 0.15) is 4.88 Å². The third-order valence-corrected chi connectivity index (χ3v) is 4.45. The summed E-state index contributed by atoms with van der Waals surface area (Å²) in [4.78, 5) is 9.51. The largest absolute Gasteiger partial charge is 0.235 e. The first-order chi connectivity index (χ1) is 8.66. The fraction of sp³-hybridized carbons (Fsp3) is 0.0769. The average Bonchev–Trinajstić information content (AvgIpc) is 2.67. The van der Waals surface area contributed by atoms with E-state index in [0.29, 0.717) is 10.2 Å². The van der Waals surface area contributed by atoms with Crippen LogP contribution >= 0.6 is 34.5 Å². The molecule has 0 unspecified atom stereocenters. The molecule has 0 atom stereocenters. The number of fused-ring (bicyclic) bond motifs is 1. The van der Waals surface area contributed by atoms with Crippen molar-refractivity contribution >= 4 is 44.8 Å². The molecule has 5 heteroatoms. The van der Waals surface area contributed by atoms with E-state index in [1.54, 1.807) is 11.3 Å². The zero-order valence-corrected chi connectivity index (χ0v) is 11.8. The second kappa shape index (κ2) is 4.50. The molecule has 0 aliphatic heterocycles. The molecular formula is C13H8Cl2N2S. The lowest BCUT2D eigenvalue weighted by Gasteiger charge is -2.02. The van der Waals surface area contributed by atoms with Gasteiger partial charge in [-0.1, -0.05) is 35.3 Å². The minimum Gasteiger partial charge on any atom is -0.235 e. The molecule has 3 rings (SSSR count). The highest BCUT2D eigenvalue weighted by molar-refractivity contribution is 7.20. The van der Waals surface area contributed by atoms with Crippen molar-refractivity contribution in [3.63, 3.8) is 0 Å². The van der Waals surface area contributed by atoms with Crippen LogP contribution in [-0.4, -0.2) is 9.97 Å². The Labute approximate surface area is 118 Å². The van der Waals surface area contributed by atoms with Crippen LogP contribution < -0.4 is 0 Å². The van der Waals surface area contributed by atoms with Crippen molar-refractivity contribution in [2.45, 2.75) is 6.92 Å². The standard InChI is InChI=1S/C13H8Cl2N2S/c1-7-10(8-3-2-4-9(14)5-8)11-12(18-7)13(15)17-6-16-11/h2-6H,1H3. The lowest BCUT2D eigenvalue weighted by atomic mass is 10.1. The molecule has 2 nitrogen and oxygen atoms in total. The molecule has 0 saturated heterocycles. The molecule has 90 valence electrons. The van der Waals surface area contributed by atoms with Crippen LogP contribution in [0.5, 0.6) is 0 Å². The monoisotopic (exact) mass is 294 g/mol. The summed E-state index contributed by atoms with van der Waals surface area (Å²) < 4.78 is 0.923. The minimum absolute atomic E-state index is 0.501. The summed E-state index contributed by atoms with van der Waals surface area (Å²) in [6.07, 6.45) is 1.49. The zero-order valence-electron chi connectivity index (χ0n) is 9.45. The molecule has 0 fully saturated rings. The Hall–Kier alpha value is -1.16. The highest BCUT2D eigenvalue weighted by atomic mass is 35.5. The van der Waals surface area contributed by atoms with Crippen molar-refractivity contribution in [1.82, 2.24) is 9.97 Å². The summed E-state index contributed by atoms with van der Waals surface area (Å²) >= 11 is 13.7. The third kappa shape index (κ3) is 1.88. The molecule has 0 aliphatic rings. The normalized spacial score (nSPS) is 11.1. The Balaban J connectivity index is 2.36. The first kappa shape index (κ1) is 11.9. The van der Waals surface area contributed by atoms with Crippen molar-refractivity contribution in [3.8, 4) is 11.1 Å². The Bertz CT molecular complexity index is 737. The molecule has 2 aromatic heterocycles. The van der Waals surface area contributed by atoms with Gasteiger partial charge in [-0.25, -0.2) is 9.97 Å². The van der Waals surface area contributed by atoms with Crippen molar-refractivity contribution in [2.24, 2.45) is 0 Å². The number of aryl methyl sites for hydroxylation is 1. The Kier molecular flexibility index (Phi) is 2.98. The highest BCUT2D eigenvalue weighted by Crippen LogP contribution is 2.39. The number of nitrogens with zero attached hydrogens (tertiary/aromatic N) is 2. The zero-order chi connectivity index (χ0) is 12.7. The summed E-state index contributed by atoms with van der Waals surface area (Å²) in [5, 5.41) is 1.22. The van der Waals surface area contributed by atoms with E-state index in [0.717, 1.165) is 26.2 Å². The van der Waals surface area contributed by atoms with Crippen LogP contribution in [0.4, 0.5) is 0 Å². The molecule has 0 N–H and O–H groups in total. The van der Waals surface area contributed by atoms with E-state index < -0.39 is 0 Å². The van der Waals surface area contributed by atoms with Crippen LogP contribution in [0.2, 0.25) is 10.2 Å². The van der Waals surface area contributed by atoms with Crippen molar-refractivity contribution in [2.75, 3.05) is 0 Å². The maximum absolute atomic E-state index is 6.09. The maximum Gasteiger partial charge on any atom is 0.150 e. The molecule has 0 spiro atoms. The molecule has 1 aromatic carbocycles. The smallest absolute Gasteiger partial charge is 0.150 e. The molecule has 0 bridgehead atoms. The van der Waals surface area contributed by atoms with Gasteiger partial charge < -0.3 is 0 Å². The second-order valence-corrected chi connectivity index (χ2v) is 5.90. The molecule has 0 aliphatic carbocycles. The Morgan fingerprint density at radius 3 is 2.78 bits per heavy atom. The fourth-order valence-electron chi connectivity index (χ4n) is 1.98. The first-order valence-corrected chi connectivity index (χ1v) is 6.89. The maximum atomic E-state index is 6.09. The minimum atomic E-state index is 0.501. The fourth-order valence-corrected chi connectivity index (χ4v) is 3.43. The number of benzene rings is 1. The summed E-state index contributed by atoms with van der Waals surface area (Å²) in [6.45, 7) is 2.05. The van der Waals surface area contributed by atoms with Gasteiger partial charge in [-0.15, -0.1) is 11.3 Å². The van der Waals surface area contributed by atoms with Crippen LogP contribution in [-0.2, 0) is 0 Å². The number of thiophene rings is 1. The van der Waals surface area contributed by atoms with E-state index in [4.69, 9.17) is 23.2 Å². The van der Waals surface area contributed by atoms with Crippen LogP contribution in [0.3, 0.4) is 0 Å². The predicted octanol–water partition coefficient (Wildman–Crippen LogP) is 4.97. The van der Waals surface area contributed by atoms with Gasteiger partial charge in [0.05, 0.1) is 10.2 Å². The van der Waals surface area contributed by atoms with E-state index in [1.807, 2.05) is 24.3 Å². The molecule has 0 saturated carbocycles. The number of rotatable bonds is 1. The lowest BCUT2D eigenvalue weighted by Crippen LogP contribution is -1.83. The summed E-state index contributed by atoms with van der Waals surface area (Å²) in [5.41, 5.74) is 3.03. The molecule has 18 heavy (non-hydrogen) atoms. The molecule has 0 amide bonds. The quantitative estimate of drug-likeness (QED) is 0.592. The SMILES string of the molecule is Cc1sc2c(Cl)ncnc2c1-c1cccc(Cl)c1. The van der Waals surface area contributed by atoms with Crippen molar-refractivity contribution < 1.29 is 0 Å². The summed E-state index contributed by atoms with van der Waals surface area (Å²) in [7, 11) is 0. The van der Waals surface area contributed by atoms with Gasteiger partial charge in [-0.2, -0.15) is 0 Å². The third-order valence-electron chi connectivity index (χ3n) is 2.72. The molecular weight excluding hydrogens is 287 g/mol. The van der Waals surface area contributed by atoms with Gasteiger partial charge in [-0.3, -0.25) is 0 Å². The van der Waals surface area contributed by atoms with E-state index in [2.05, 4.69) is 16.9 Å². The molecule has 2 heterocycles. The van der Waals surface area contributed by atoms with E-state index in [-0.39, 0.29) is 0 Å². The average molecular weight is 295 g/mol. The first-order valence-electron chi connectivity index (χ1n) is 5.32. The van der Waals surface area contributed by atoms with Crippen molar-refractivity contribution in [1.29, 1.82) is 0 Å². The Morgan fingerprint density at radius 1 is 1.17 bits per heavy atom. The number of hydrogen-bond acceptors (Lipinski definition) is 3. The van der Waals surface area contributed by atoms with Crippen LogP contribution in [0, 0.1) is 6.92 Å². The topological polar surface area (TPSA) is 25.8 Å². The summed E-state index contributed by atoms with van der Waals surface area (Å²) in [6, 6.07) is 7.75. The van der Waals surface area contributed by atoms with Gasteiger partial charge in [0.25, 0.3) is 0 Å². The van der Waals surface area contributed by atoms with E-state index in [9.17, 15) is 0 Å². The highest BCUT2D eigenvalue weighted by Gasteiger charge is 2.15. The second-order valence-electron chi connectivity index (χ2n) is 3.89. The number of hydrogen-bond donors (Lipinski definition) is 0. The van der Waals surface area contributed by atoms with Gasteiger partial charge in [0.1, 0.15) is 11.5 Å². The number of aromatic nitrogens is 2. The Morgan fingerprint density at radius 2 is 2.00 bits per heavy atom. The predicted molar refractivity (Wildman–Crippen MR) is 77.6 cm³/mol. The molecule has 0 radical (unpaired) electrons. The van der Waals surface area contributed by atoms with Gasteiger partial charge >= 0.3 is 0 Å². The van der Waals surface area contributed by atoms with Gasteiger partial charge in [0.2, 0.25) is 0 Å². The van der Waals surface area contributed by atoms with Crippen LogP contribution in [0.15, 0.2) is 30.6 Å². The van der Waals surface area contributed by atoms with E-state index >= 15 is 0 Å². The number of halogens is 2. The van der Waals surface area contributed by atoms with Gasteiger partial charge in [-0.05, 0) is 24.6 Å². The van der Waals surface area contributed by atoms with Gasteiger partial charge in [0, 0.05) is 15.5 Å². The van der Waals surface area contributed by atoms with Crippen molar-refractivity contribution in [3.05, 3.63) is 45.6 Å². The van der Waals surface area contributed by atoms with E-state index in [1.165, 1.54) is 6.33 Å².